The largest absolute Gasteiger partial charge is 0.397 e. The fourth-order valence-corrected chi connectivity index (χ4v) is 4.78. The molecule has 0 atom stereocenters. The average molecular weight is 347 g/mol. The Kier molecular flexibility index (Phi) is 4.40. The Bertz CT molecular complexity index is 543. The van der Waals surface area contributed by atoms with E-state index in [0.29, 0.717) is 11.4 Å². The second kappa shape index (κ2) is 5.71. The maximum Gasteiger partial charge on any atom is 0.235 e. The molecule has 1 aromatic rings. The van der Waals surface area contributed by atoms with Gasteiger partial charge in [0.1, 0.15) is 0 Å². The lowest BCUT2D eigenvalue weighted by Gasteiger charge is -2.23. The molecule has 0 bridgehead atoms. The first-order valence-corrected chi connectivity index (χ1v) is 8.81. The van der Waals surface area contributed by atoms with Crippen LogP contribution in [0.25, 0.3) is 0 Å². The number of anilines is 2. The van der Waals surface area contributed by atoms with Crippen molar-refractivity contribution in [2.24, 2.45) is 0 Å². The van der Waals surface area contributed by atoms with Crippen molar-refractivity contribution in [1.82, 2.24) is 0 Å². The van der Waals surface area contributed by atoms with Crippen LogP contribution in [0.2, 0.25) is 0 Å². The van der Waals surface area contributed by atoms with Gasteiger partial charge in [0.15, 0.2) is 0 Å². The third kappa shape index (κ3) is 3.42. The van der Waals surface area contributed by atoms with Crippen LogP contribution in [-0.4, -0.2) is 13.7 Å². The standard InChI is InChI=1S/C13H19BrN2O2S/c1-9-7-10(14)8-12(15)13(9)16-19(17,18)11-5-3-2-4-6-11/h7-8,11,16H,2-6,15H2,1H3. The molecule has 0 radical (unpaired) electrons. The van der Waals surface area contributed by atoms with E-state index in [-0.39, 0.29) is 5.25 Å². The lowest BCUT2D eigenvalue weighted by molar-refractivity contribution is 0.486. The van der Waals surface area contributed by atoms with Gasteiger partial charge in [0.25, 0.3) is 0 Å². The van der Waals surface area contributed by atoms with Gasteiger partial charge in [-0.05, 0) is 37.5 Å². The number of sulfonamides is 1. The van der Waals surface area contributed by atoms with Crippen LogP contribution in [-0.2, 0) is 10.0 Å². The normalized spacial score (nSPS) is 17.4. The predicted molar refractivity (Wildman–Crippen MR) is 82.7 cm³/mol. The number of nitrogen functional groups attached to an aromatic ring is 1. The maximum atomic E-state index is 12.4. The average Bonchev–Trinajstić information content (AvgIpc) is 2.35. The van der Waals surface area contributed by atoms with Crippen molar-refractivity contribution in [2.45, 2.75) is 44.3 Å². The highest BCUT2D eigenvalue weighted by Crippen LogP contribution is 2.31. The van der Waals surface area contributed by atoms with Crippen molar-refractivity contribution in [3.63, 3.8) is 0 Å². The minimum absolute atomic E-state index is 0.288. The summed E-state index contributed by atoms with van der Waals surface area (Å²) in [6, 6.07) is 3.57. The topological polar surface area (TPSA) is 72.2 Å². The molecule has 6 heteroatoms. The van der Waals surface area contributed by atoms with Gasteiger partial charge in [0.2, 0.25) is 10.0 Å². The molecule has 0 saturated heterocycles. The summed E-state index contributed by atoms with van der Waals surface area (Å²) >= 11 is 3.35. The summed E-state index contributed by atoms with van der Waals surface area (Å²) in [6.07, 6.45) is 4.59. The Balaban J connectivity index is 2.25. The molecule has 0 aromatic heterocycles. The van der Waals surface area contributed by atoms with Gasteiger partial charge in [-0.3, -0.25) is 4.72 Å². The highest BCUT2D eigenvalue weighted by atomic mass is 79.9. The number of rotatable bonds is 3. The van der Waals surface area contributed by atoms with Gasteiger partial charge in [-0.15, -0.1) is 0 Å². The zero-order valence-corrected chi connectivity index (χ0v) is 13.4. The van der Waals surface area contributed by atoms with Crippen LogP contribution in [0.3, 0.4) is 0 Å². The molecular weight excluding hydrogens is 328 g/mol. The lowest BCUT2D eigenvalue weighted by Crippen LogP contribution is -2.30. The van der Waals surface area contributed by atoms with E-state index >= 15 is 0 Å². The van der Waals surface area contributed by atoms with Gasteiger partial charge in [-0.1, -0.05) is 35.2 Å². The van der Waals surface area contributed by atoms with Crippen LogP contribution < -0.4 is 10.5 Å². The third-order valence-electron chi connectivity index (χ3n) is 3.57. The first-order chi connectivity index (χ1) is 8.90. The van der Waals surface area contributed by atoms with Gasteiger partial charge in [-0.2, -0.15) is 0 Å². The van der Waals surface area contributed by atoms with Crippen LogP contribution in [0.15, 0.2) is 16.6 Å². The predicted octanol–water partition coefficient (Wildman–Crippen LogP) is 3.41. The van der Waals surface area contributed by atoms with Crippen LogP contribution in [0.5, 0.6) is 0 Å². The molecule has 1 aromatic carbocycles. The van der Waals surface area contributed by atoms with E-state index in [2.05, 4.69) is 20.7 Å². The summed E-state index contributed by atoms with van der Waals surface area (Å²) in [5.41, 5.74) is 7.69. The molecule has 1 aliphatic carbocycles. The van der Waals surface area contributed by atoms with Gasteiger partial charge < -0.3 is 5.73 Å². The number of hydrogen-bond acceptors (Lipinski definition) is 3. The van der Waals surface area contributed by atoms with E-state index in [4.69, 9.17) is 5.73 Å². The summed E-state index contributed by atoms with van der Waals surface area (Å²) < 4.78 is 28.3. The molecule has 4 nitrogen and oxygen atoms in total. The minimum atomic E-state index is -3.34. The number of nitrogens with one attached hydrogen (secondary N) is 1. The van der Waals surface area contributed by atoms with Crippen LogP contribution in [0.4, 0.5) is 11.4 Å². The summed E-state index contributed by atoms with van der Waals surface area (Å²) in [5, 5.41) is -0.288. The molecule has 3 N–H and O–H groups in total. The van der Waals surface area contributed by atoms with E-state index in [9.17, 15) is 8.42 Å². The Morgan fingerprint density at radius 1 is 1.26 bits per heavy atom. The number of nitrogens with two attached hydrogens (primary N) is 1. The maximum absolute atomic E-state index is 12.4. The molecule has 0 heterocycles. The van der Waals surface area contributed by atoms with E-state index in [0.717, 1.165) is 42.1 Å². The van der Waals surface area contributed by atoms with E-state index in [1.54, 1.807) is 6.07 Å². The fourth-order valence-electron chi connectivity index (χ4n) is 2.51. The molecule has 106 valence electrons. The molecule has 0 aliphatic heterocycles. The van der Waals surface area contributed by atoms with Crippen molar-refractivity contribution >= 4 is 37.3 Å². The summed E-state index contributed by atoms with van der Waals surface area (Å²) in [7, 11) is -3.34. The first kappa shape index (κ1) is 14.7. The summed E-state index contributed by atoms with van der Waals surface area (Å²) in [4.78, 5) is 0. The fraction of sp³-hybridized carbons (Fsp3) is 0.538. The third-order valence-corrected chi connectivity index (χ3v) is 5.86. The van der Waals surface area contributed by atoms with Crippen molar-refractivity contribution in [2.75, 3.05) is 10.5 Å². The van der Waals surface area contributed by atoms with E-state index in [1.165, 1.54) is 0 Å². The second-order valence-corrected chi connectivity index (χ2v) is 7.97. The molecule has 1 saturated carbocycles. The quantitative estimate of drug-likeness (QED) is 0.823. The Hall–Kier alpha value is -0.750. The van der Waals surface area contributed by atoms with Crippen molar-refractivity contribution < 1.29 is 8.42 Å². The van der Waals surface area contributed by atoms with Gasteiger partial charge in [0, 0.05) is 4.47 Å². The number of hydrogen-bond donors (Lipinski definition) is 2. The van der Waals surface area contributed by atoms with Gasteiger partial charge >= 0.3 is 0 Å². The lowest BCUT2D eigenvalue weighted by atomic mass is 10.0. The van der Waals surface area contributed by atoms with Crippen LogP contribution >= 0.6 is 15.9 Å². The molecule has 0 amide bonds. The van der Waals surface area contributed by atoms with Crippen molar-refractivity contribution in [3.05, 3.63) is 22.2 Å². The van der Waals surface area contributed by atoms with Crippen molar-refractivity contribution in [3.8, 4) is 0 Å². The second-order valence-electron chi connectivity index (χ2n) is 5.09. The molecule has 19 heavy (non-hydrogen) atoms. The zero-order valence-electron chi connectivity index (χ0n) is 10.9. The monoisotopic (exact) mass is 346 g/mol. The van der Waals surface area contributed by atoms with Gasteiger partial charge in [-0.25, -0.2) is 8.42 Å². The summed E-state index contributed by atoms with van der Waals surface area (Å²) in [6.45, 7) is 1.85. The Labute approximate surface area is 122 Å². The highest BCUT2D eigenvalue weighted by molar-refractivity contribution is 9.10. The smallest absolute Gasteiger partial charge is 0.235 e. The summed E-state index contributed by atoms with van der Waals surface area (Å²) in [5.74, 6) is 0. The molecule has 2 rings (SSSR count). The van der Waals surface area contributed by atoms with E-state index in [1.807, 2.05) is 13.0 Å². The van der Waals surface area contributed by atoms with Crippen LogP contribution in [0.1, 0.15) is 37.7 Å². The molecule has 1 fully saturated rings. The number of aryl methyl sites for hydroxylation is 1. The highest BCUT2D eigenvalue weighted by Gasteiger charge is 2.28. The SMILES string of the molecule is Cc1cc(Br)cc(N)c1NS(=O)(=O)C1CCCCC1. The Morgan fingerprint density at radius 2 is 1.89 bits per heavy atom. The number of halogens is 1. The first-order valence-electron chi connectivity index (χ1n) is 6.47. The molecule has 1 aliphatic rings. The van der Waals surface area contributed by atoms with Crippen LogP contribution in [0, 0.1) is 6.92 Å². The van der Waals surface area contributed by atoms with Crippen molar-refractivity contribution in [1.29, 1.82) is 0 Å². The minimum Gasteiger partial charge on any atom is -0.397 e. The zero-order chi connectivity index (χ0) is 14.0. The number of benzene rings is 1. The van der Waals surface area contributed by atoms with E-state index < -0.39 is 10.0 Å². The molecule has 0 spiro atoms. The van der Waals surface area contributed by atoms with Gasteiger partial charge in [0.05, 0.1) is 16.6 Å². The molecular formula is C13H19BrN2O2S. The molecule has 0 unspecified atom stereocenters. The Morgan fingerprint density at radius 3 is 2.47 bits per heavy atom.